The molecule has 0 saturated heterocycles. The molecule has 9 heteroatoms. The molecule has 1 aromatic rings. The van der Waals surface area contributed by atoms with E-state index in [0.29, 0.717) is 0 Å². The Balaban J connectivity index is 0.000000461. The summed E-state index contributed by atoms with van der Waals surface area (Å²) < 4.78 is 51.6. The fourth-order valence-electron chi connectivity index (χ4n) is 1.61. The SMILES string of the molecule is CC[N+](C(C)CCS(=O)(=O)O)=S(=O)=O.Cc1ccccc1N. The highest BCUT2D eigenvalue weighted by Crippen LogP contribution is 2.06. The minimum atomic E-state index is -4.01. The predicted octanol–water partition coefficient (Wildman–Crippen LogP) is 1.33. The molecule has 1 aromatic carbocycles. The number of para-hydroxylation sites is 1. The van der Waals surface area contributed by atoms with E-state index in [0.717, 1.165) is 15.2 Å². The molecule has 7 nitrogen and oxygen atoms in total. The summed E-state index contributed by atoms with van der Waals surface area (Å²) in [5.41, 5.74) is 7.53. The van der Waals surface area contributed by atoms with E-state index in [1.807, 2.05) is 31.2 Å². The molecule has 1 rings (SSSR count). The molecule has 1 atom stereocenters. The van der Waals surface area contributed by atoms with Crippen molar-refractivity contribution in [1.82, 2.24) is 0 Å². The monoisotopic (exact) mass is 351 g/mol. The smallest absolute Gasteiger partial charge is 0.399 e. The van der Waals surface area contributed by atoms with Gasteiger partial charge in [0.25, 0.3) is 10.1 Å². The lowest BCUT2D eigenvalue weighted by Gasteiger charge is -2.03. The quantitative estimate of drug-likeness (QED) is 0.469. The van der Waals surface area contributed by atoms with Crippen LogP contribution in [0.25, 0.3) is 0 Å². The maximum Gasteiger partial charge on any atom is 0.459 e. The summed E-state index contributed by atoms with van der Waals surface area (Å²) in [5, 5.41) is 0. The lowest BCUT2D eigenvalue weighted by molar-refractivity contribution is -0.536. The third-order valence-corrected chi connectivity index (χ3v) is 4.73. The molecular weight excluding hydrogens is 328 g/mol. The van der Waals surface area contributed by atoms with Crippen LogP contribution in [0.5, 0.6) is 0 Å². The summed E-state index contributed by atoms with van der Waals surface area (Å²) in [7, 11) is -6.37. The van der Waals surface area contributed by atoms with Gasteiger partial charge < -0.3 is 5.73 Å². The van der Waals surface area contributed by atoms with Gasteiger partial charge in [-0.15, -0.1) is 12.4 Å². The minimum absolute atomic E-state index is 0.0840. The summed E-state index contributed by atoms with van der Waals surface area (Å²) >= 11 is 0. The van der Waals surface area contributed by atoms with E-state index >= 15 is 0 Å². The highest BCUT2D eigenvalue weighted by atomic mass is 32.2. The Morgan fingerprint density at radius 2 is 1.86 bits per heavy atom. The van der Waals surface area contributed by atoms with E-state index in [2.05, 4.69) is 0 Å². The van der Waals surface area contributed by atoms with Gasteiger partial charge in [0, 0.05) is 12.1 Å². The minimum Gasteiger partial charge on any atom is -0.399 e. The zero-order valence-corrected chi connectivity index (χ0v) is 14.6. The second kappa shape index (κ2) is 9.54. The molecule has 0 fully saturated rings. The first-order chi connectivity index (χ1) is 10.1. The third-order valence-electron chi connectivity index (χ3n) is 2.98. The van der Waals surface area contributed by atoms with Crippen molar-refractivity contribution in [2.75, 3.05) is 18.0 Å². The third kappa shape index (κ3) is 8.75. The van der Waals surface area contributed by atoms with E-state index in [-0.39, 0.29) is 13.0 Å². The first-order valence-corrected chi connectivity index (χ1v) is 9.34. The molecule has 0 saturated carbocycles. The number of rotatable bonds is 5. The number of hydrogen-bond acceptors (Lipinski definition) is 5. The zero-order valence-electron chi connectivity index (χ0n) is 12.9. The lowest BCUT2D eigenvalue weighted by atomic mass is 10.2. The standard InChI is InChI=1S/C7H9N.C6H13NO5S2/c1-6-4-2-3-5-7(6)8;1-3-7(13(8)9)6(2)4-5-14(10,11)12/h2-5H,8H2,1H3;6H,3-5H2,1-2H3/p+1. The van der Waals surface area contributed by atoms with E-state index in [1.165, 1.54) is 0 Å². The highest BCUT2D eigenvalue weighted by molar-refractivity contribution is 7.85. The summed E-state index contributed by atoms with van der Waals surface area (Å²) in [5.74, 6) is -0.429. The Kier molecular flexibility index (Phi) is 8.91. The van der Waals surface area contributed by atoms with Crippen LogP contribution in [-0.2, 0) is 20.6 Å². The molecule has 22 heavy (non-hydrogen) atoms. The molecule has 0 aliphatic carbocycles. The molecule has 0 aliphatic rings. The molecule has 126 valence electrons. The van der Waals surface area contributed by atoms with Crippen molar-refractivity contribution in [1.29, 1.82) is 0 Å². The lowest BCUT2D eigenvalue weighted by Crippen LogP contribution is -2.25. The average Bonchev–Trinajstić information content (AvgIpc) is 2.40. The average molecular weight is 351 g/mol. The Labute approximate surface area is 133 Å². The molecule has 1 unspecified atom stereocenters. The van der Waals surface area contributed by atoms with Crippen LogP contribution in [-0.4, -0.2) is 43.7 Å². The topological polar surface area (TPSA) is 118 Å². The first kappa shape index (κ1) is 20.6. The Hall–Kier alpha value is -1.45. The van der Waals surface area contributed by atoms with Crippen LogP contribution in [0.1, 0.15) is 25.8 Å². The van der Waals surface area contributed by atoms with E-state index in [9.17, 15) is 16.8 Å². The number of benzene rings is 1. The molecule has 0 radical (unpaired) electrons. The van der Waals surface area contributed by atoms with Crippen molar-refractivity contribution in [2.24, 2.45) is 0 Å². The summed E-state index contributed by atoms with van der Waals surface area (Å²) in [6.45, 7) is 5.52. The van der Waals surface area contributed by atoms with Crippen LogP contribution in [0, 0.1) is 6.92 Å². The first-order valence-electron chi connectivity index (χ1n) is 6.70. The normalized spacial score (nSPS) is 12.0. The number of nitrogen functional groups attached to an aromatic ring is 1. The van der Waals surface area contributed by atoms with Crippen LogP contribution < -0.4 is 5.73 Å². The molecule has 0 amide bonds. The van der Waals surface area contributed by atoms with Gasteiger partial charge in [0.15, 0.2) is 12.6 Å². The van der Waals surface area contributed by atoms with E-state index < -0.39 is 32.4 Å². The van der Waals surface area contributed by atoms with E-state index in [1.54, 1.807) is 13.8 Å². The molecule has 0 heterocycles. The fourth-order valence-corrected chi connectivity index (χ4v) is 2.86. The van der Waals surface area contributed by atoms with E-state index in [4.69, 9.17) is 10.3 Å². The number of anilines is 1. The van der Waals surface area contributed by atoms with Gasteiger partial charge in [-0.25, -0.2) is 0 Å². The van der Waals surface area contributed by atoms with Gasteiger partial charge in [-0.1, -0.05) is 18.2 Å². The van der Waals surface area contributed by atoms with Crippen molar-refractivity contribution in [3.63, 3.8) is 0 Å². The van der Waals surface area contributed by atoms with Crippen molar-refractivity contribution in [3.05, 3.63) is 29.8 Å². The van der Waals surface area contributed by atoms with Gasteiger partial charge in [0.05, 0.1) is 5.75 Å². The van der Waals surface area contributed by atoms with Gasteiger partial charge in [-0.05, 0) is 32.4 Å². The largest absolute Gasteiger partial charge is 0.459 e. The van der Waals surface area contributed by atoms with Gasteiger partial charge in [0.1, 0.15) is 0 Å². The van der Waals surface area contributed by atoms with Crippen LogP contribution in [0.4, 0.5) is 5.69 Å². The Morgan fingerprint density at radius 1 is 1.32 bits per heavy atom. The van der Waals surface area contributed by atoms with Crippen molar-refractivity contribution >= 4 is 26.3 Å². The molecule has 0 aromatic heterocycles. The molecule has 0 spiro atoms. The Bertz CT molecular complexity index is 683. The molecular formula is C13H23N2O5S2+. The van der Waals surface area contributed by atoms with Crippen LogP contribution in [0.3, 0.4) is 0 Å². The summed E-state index contributed by atoms with van der Waals surface area (Å²) in [6.07, 6.45) is 0.0840. The van der Waals surface area contributed by atoms with Crippen LogP contribution in [0.2, 0.25) is 0 Å². The van der Waals surface area contributed by atoms with Gasteiger partial charge >= 0.3 is 10.5 Å². The second-order valence-corrected chi connectivity index (χ2v) is 7.21. The van der Waals surface area contributed by atoms with Gasteiger partial charge in [-0.3, -0.25) is 4.55 Å². The Morgan fingerprint density at radius 3 is 2.18 bits per heavy atom. The molecule has 0 aliphatic heterocycles. The number of hydrogen-bond donors (Lipinski definition) is 2. The fraction of sp³-hybridized carbons (Fsp3) is 0.538. The second-order valence-electron chi connectivity index (χ2n) is 4.73. The summed E-state index contributed by atoms with van der Waals surface area (Å²) in [6, 6.07) is 7.37. The van der Waals surface area contributed by atoms with Crippen molar-refractivity contribution < 1.29 is 25.3 Å². The van der Waals surface area contributed by atoms with Crippen LogP contribution >= 0.6 is 0 Å². The van der Waals surface area contributed by atoms with Gasteiger partial charge in [0.2, 0.25) is 0 Å². The van der Waals surface area contributed by atoms with Crippen molar-refractivity contribution in [2.45, 2.75) is 33.2 Å². The zero-order chi connectivity index (χ0) is 17.3. The maximum atomic E-state index is 10.6. The highest BCUT2D eigenvalue weighted by Gasteiger charge is 2.19. The summed E-state index contributed by atoms with van der Waals surface area (Å²) in [4.78, 5) is 0. The molecule has 0 bridgehead atoms. The number of aryl methyl sites for hydroxylation is 1. The number of nitrogens with zero attached hydrogens (tertiary/aromatic N) is 1. The predicted molar refractivity (Wildman–Crippen MR) is 85.8 cm³/mol. The number of nitrogens with two attached hydrogens (primary N) is 1. The van der Waals surface area contributed by atoms with Gasteiger partial charge in [-0.2, -0.15) is 8.42 Å². The maximum absolute atomic E-state index is 10.6. The molecule has 3 N–H and O–H groups in total. The van der Waals surface area contributed by atoms with Crippen LogP contribution in [0.15, 0.2) is 24.3 Å². The van der Waals surface area contributed by atoms with Crippen molar-refractivity contribution in [3.8, 4) is 0 Å².